The number of ether oxygens (including phenoxy) is 3. The maximum absolute atomic E-state index is 11.7. The topological polar surface area (TPSA) is 56.8 Å². The maximum atomic E-state index is 11.7. The van der Waals surface area contributed by atoms with Crippen molar-refractivity contribution in [3.8, 4) is 5.75 Å². The van der Waals surface area contributed by atoms with Crippen LogP contribution < -0.4 is 10.1 Å². The summed E-state index contributed by atoms with van der Waals surface area (Å²) in [5, 5.41) is 2.80. The summed E-state index contributed by atoms with van der Waals surface area (Å²) in [7, 11) is 0. The van der Waals surface area contributed by atoms with Crippen molar-refractivity contribution in [1.29, 1.82) is 0 Å². The lowest BCUT2D eigenvalue weighted by Gasteiger charge is -2.23. The summed E-state index contributed by atoms with van der Waals surface area (Å²) in [6.45, 7) is 3.97. The van der Waals surface area contributed by atoms with Crippen molar-refractivity contribution in [3.63, 3.8) is 0 Å². The van der Waals surface area contributed by atoms with Gasteiger partial charge in [-0.15, -0.1) is 0 Å². The summed E-state index contributed by atoms with van der Waals surface area (Å²) >= 11 is 0. The molecule has 5 nitrogen and oxygen atoms in total. The van der Waals surface area contributed by atoms with Crippen LogP contribution in [-0.2, 0) is 14.3 Å². The molecule has 1 saturated heterocycles. The van der Waals surface area contributed by atoms with Crippen molar-refractivity contribution >= 4 is 5.91 Å². The highest BCUT2D eigenvalue weighted by Crippen LogP contribution is 2.15. The van der Waals surface area contributed by atoms with E-state index in [1.54, 1.807) is 0 Å². The van der Waals surface area contributed by atoms with Crippen molar-refractivity contribution in [2.24, 2.45) is 0 Å². The molecule has 1 aliphatic rings. The Morgan fingerprint density at radius 2 is 2.10 bits per heavy atom. The monoisotopic (exact) mass is 279 g/mol. The number of carbonyl (C=O) groups is 1. The highest BCUT2D eigenvalue weighted by Gasteiger charge is 2.14. The first-order chi connectivity index (χ1) is 9.75. The van der Waals surface area contributed by atoms with Gasteiger partial charge < -0.3 is 19.5 Å². The molecule has 0 aliphatic carbocycles. The number of aryl methyl sites for hydroxylation is 1. The van der Waals surface area contributed by atoms with Gasteiger partial charge in [-0.05, 0) is 25.0 Å². The molecule has 1 aromatic carbocycles. The minimum atomic E-state index is -0.193. The molecule has 1 aliphatic heterocycles. The Bertz CT molecular complexity index is 430. The standard InChI is InChI=1S/C15H21NO4/c1-12-5-2-3-6-13(12)20-11-14(17)16-8-7-15-18-9-4-10-19-15/h2-3,5-6,15H,4,7-11H2,1H3,(H,16,17). The molecule has 0 atom stereocenters. The van der Waals surface area contributed by atoms with E-state index in [0.29, 0.717) is 13.0 Å². The van der Waals surface area contributed by atoms with E-state index in [-0.39, 0.29) is 18.8 Å². The summed E-state index contributed by atoms with van der Waals surface area (Å²) in [4.78, 5) is 11.7. The van der Waals surface area contributed by atoms with Crippen molar-refractivity contribution in [1.82, 2.24) is 5.32 Å². The molecule has 0 aromatic heterocycles. The van der Waals surface area contributed by atoms with E-state index >= 15 is 0 Å². The van der Waals surface area contributed by atoms with Gasteiger partial charge in [0.15, 0.2) is 12.9 Å². The van der Waals surface area contributed by atoms with Gasteiger partial charge in [0.1, 0.15) is 5.75 Å². The predicted octanol–water partition coefficient (Wildman–Crippen LogP) is 1.64. The Balaban J connectivity index is 1.62. The Morgan fingerprint density at radius 3 is 2.85 bits per heavy atom. The Morgan fingerprint density at radius 1 is 1.35 bits per heavy atom. The number of hydrogen-bond donors (Lipinski definition) is 1. The molecule has 1 aromatic rings. The molecule has 1 amide bonds. The van der Waals surface area contributed by atoms with Crippen LogP contribution in [0.4, 0.5) is 0 Å². The molecule has 110 valence electrons. The molecule has 0 saturated carbocycles. The first-order valence-corrected chi connectivity index (χ1v) is 6.94. The van der Waals surface area contributed by atoms with E-state index in [4.69, 9.17) is 14.2 Å². The van der Waals surface area contributed by atoms with Crippen LogP contribution in [0.15, 0.2) is 24.3 Å². The second-order valence-electron chi connectivity index (χ2n) is 4.72. The molecule has 5 heteroatoms. The smallest absolute Gasteiger partial charge is 0.257 e. The molecule has 0 unspecified atom stereocenters. The predicted molar refractivity (Wildman–Crippen MR) is 74.6 cm³/mol. The van der Waals surface area contributed by atoms with Crippen LogP contribution in [0.1, 0.15) is 18.4 Å². The summed E-state index contributed by atoms with van der Waals surface area (Å²) in [5.41, 5.74) is 1.02. The summed E-state index contributed by atoms with van der Waals surface area (Å²) < 4.78 is 16.3. The fourth-order valence-electron chi connectivity index (χ4n) is 1.95. The van der Waals surface area contributed by atoms with Gasteiger partial charge in [-0.2, -0.15) is 0 Å². The largest absolute Gasteiger partial charge is 0.484 e. The van der Waals surface area contributed by atoms with Gasteiger partial charge in [-0.1, -0.05) is 18.2 Å². The lowest BCUT2D eigenvalue weighted by atomic mass is 10.2. The van der Waals surface area contributed by atoms with Crippen LogP contribution in [0.25, 0.3) is 0 Å². The Labute approximate surface area is 119 Å². The number of amides is 1. The van der Waals surface area contributed by atoms with Crippen LogP contribution in [0, 0.1) is 6.92 Å². The van der Waals surface area contributed by atoms with Crippen molar-refractivity contribution in [3.05, 3.63) is 29.8 Å². The summed E-state index contributed by atoms with van der Waals surface area (Å²) in [6, 6.07) is 7.63. The van der Waals surface area contributed by atoms with Gasteiger partial charge in [-0.3, -0.25) is 4.79 Å². The zero-order valence-corrected chi connectivity index (χ0v) is 11.8. The Kier molecular flexibility index (Phi) is 5.83. The van der Waals surface area contributed by atoms with E-state index < -0.39 is 0 Å². The molecule has 2 rings (SSSR count). The first kappa shape index (κ1) is 14.8. The zero-order chi connectivity index (χ0) is 14.2. The van der Waals surface area contributed by atoms with E-state index in [9.17, 15) is 4.79 Å². The lowest BCUT2D eigenvalue weighted by Crippen LogP contribution is -2.34. The average molecular weight is 279 g/mol. The molecular weight excluding hydrogens is 258 g/mol. The molecule has 1 fully saturated rings. The van der Waals surface area contributed by atoms with Crippen LogP contribution in [0.5, 0.6) is 5.75 Å². The van der Waals surface area contributed by atoms with Crippen LogP contribution in [0.2, 0.25) is 0 Å². The van der Waals surface area contributed by atoms with Gasteiger partial charge in [0.2, 0.25) is 0 Å². The number of hydrogen-bond acceptors (Lipinski definition) is 4. The minimum absolute atomic E-state index is 0.0250. The quantitative estimate of drug-likeness (QED) is 0.860. The second kappa shape index (κ2) is 7.87. The van der Waals surface area contributed by atoms with Crippen LogP contribution in [0.3, 0.4) is 0 Å². The Hall–Kier alpha value is -1.59. The van der Waals surface area contributed by atoms with E-state index in [0.717, 1.165) is 30.9 Å². The van der Waals surface area contributed by atoms with E-state index in [1.165, 1.54) is 0 Å². The zero-order valence-electron chi connectivity index (χ0n) is 11.8. The molecule has 0 bridgehead atoms. The SMILES string of the molecule is Cc1ccccc1OCC(=O)NCCC1OCCCO1. The second-order valence-corrected chi connectivity index (χ2v) is 4.72. The number of carbonyl (C=O) groups excluding carboxylic acids is 1. The average Bonchev–Trinajstić information content (AvgIpc) is 2.47. The lowest BCUT2D eigenvalue weighted by molar-refractivity contribution is -0.180. The van der Waals surface area contributed by atoms with Gasteiger partial charge in [0, 0.05) is 13.0 Å². The fourth-order valence-corrected chi connectivity index (χ4v) is 1.95. The first-order valence-electron chi connectivity index (χ1n) is 6.94. The third-order valence-corrected chi connectivity index (χ3v) is 3.05. The van der Waals surface area contributed by atoms with Crippen molar-refractivity contribution in [2.45, 2.75) is 26.1 Å². The van der Waals surface area contributed by atoms with Crippen LogP contribution in [-0.4, -0.2) is 38.6 Å². The molecule has 0 radical (unpaired) electrons. The number of benzene rings is 1. The van der Waals surface area contributed by atoms with Gasteiger partial charge in [0.25, 0.3) is 5.91 Å². The number of nitrogens with one attached hydrogen (secondary N) is 1. The highest BCUT2D eigenvalue weighted by atomic mass is 16.7. The normalized spacial score (nSPS) is 15.8. The molecule has 1 heterocycles. The number of para-hydroxylation sites is 1. The van der Waals surface area contributed by atoms with Crippen molar-refractivity contribution < 1.29 is 19.0 Å². The minimum Gasteiger partial charge on any atom is -0.484 e. The van der Waals surface area contributed by atoms with Gasteiger partial charge in [0.05, 0.1) is 13.2 Å². The molecular formula is C15H21NO4. The molecule has 1 N–H and O–H groups in total. The van der Waals surface area contributed by atoms with E-state index in [1.807, 2.05) is 31.2 Å². The molecule has 20 heavy (non-hydrogen) atoms. The fraction of sp³-hybridized carbons (Fsp3) is 0.533. The van der Waals surface area contributed by atoms with E-state index in [2.05, 4.69) is 5.32 Å². The van der Waals surface area contributed by atoms with Gasteiger partial charge in [-0.25, -0.2) is 0 Å². The highest BCUT2D eigenvalue weighted by molar-refractivity contribution is 5.77. The van der Waals surface area contributed by atoms with Crippen LogP contribution >= 0.6 is 0 Å². The molecule has 0 spiro atoms. The maximum Gasteiger partial charge on any atom is 0.257 e. The third-order valence-electron chi connectivity index (χ3n) is 3.05. The van der Waals surface area contributed by atoms with Crippen molar-refractivity contribution in [2.75, 3.05) is 26.4 Å². The number of rotatable bonds is 6. The summed E-state index contributed by atoms with van der Waals surface area (Å²) in [6.07, 6.45) is 1.41. The summed E-state index contributed by atoms with van der Waals surface area (Å²) in [5.74, 6) is 0.602. The third kappa shape index (κ3) is 4.83. The van der Waals surface area contributed by atoms with Gasteiger partial charge >= 0.3 is 0 Å².